The molecule has 4 unspecified atom stereocenters. The average molecular weight is 235 g/mol. The molecule has 3 rings (SSSR count). The smallest absolute Gasteiger partial charge is 0.130 e. The van der Waals surface area contributed by atoms with Crippen molar-refractivity contribution in [2.24, 2.45) is 17.3 Å². The first-order valence-corrected chi connectivity index (χ1v) is 6.11. The molecular formula is C11H16Cl2O. The van der Waals surface area contributed by atoms with Crippen molar-refractivity contribution in [3.05, 3.63) is 0 Å². The molecule has 1 heterocycles. The summed E-state index contributed by atoms with van der Waals surface area (Å²) in [4.78, 5) is 0. The highest BCUT2D eigenvalue weighted by atomic mass is 35.5. The van der Waals surface area contributed by atoms with Crippen LogP contribution in [0.1, 0.15) is 33.6 Å². The van der Waals surface area contributed by atoms with Crippen LogP contribution < -0.4 is 0 Å². The molecular weight excluding hydrogens is 219 g/mol. The second-order valence-corrected chi connectivity index (χ2v) is 7.22. The van der Waals surface area contributed by atoms with Gasteiger partial charge in [-0.1, -0.05) is 6.92 Å². The van der Waals surface area contributed by atoms with Gasteiger partial charge in [0.25, 0.3) is 0 Å². The highest BCUT2D eigenvalue weighted by Gasteiger charge is 2.80. The van der Waals surface area contributed by atoms with Crippen LogP contribution in [-0.4, -0.2) is 16.0 Å². The van der Waals surface area contributed by atoms with Crippen LogP contribution in [-0.2, 0) is 4.74 Å². The minimum atomic E-state index is -0.525. The van der Waals surface area contributed by atoms with Crippen molar-refractivity contribution < 1.29 is 4.74 Å². The Labute approximate surface area is 95.1 Å². The summed E-state index contributed by atoms with van der Waals surface area (Å²) in [6.07, 6.45) is 2.55. The second kappa shape index (κ2) is 2.28. The molecule has 0 aromatic rings. The van der Waals surface area contributed by atoms with Crippen molar-refractivity contribution in [2.45, 2.75) is 49.7 Å². The fourth-order valence-corrected chi connectivity index (χ4v) is 4.58. The van der Waals surface area contributed by atoms with Crippen molar-refractivity contribution in [2.75, 3.05) is 0 Å². The first-order chi connectivity index (χ1) is 6.30. The summed E-state index contributed by atoms with van der Waals surface area (Å²) in [6, 6.07) is 0. The normalized spacial score (nSPS) is 56.8. The van der Waals surface area contributed by atoms with Gasteiger partial charge >= 0.3 is 0 Å². The molecule has 4 atom stereocenters. The van der Waals surface area contributed by atoms with Gasteiger partial charge in [-0.3, -0.25) is 0 Å². The zero-order chi connectivity index (χ0) is 10.4. The van der Waals surface area contributed by atoms with Crippen molar-refractivity contribution in [3.8, 4) is 0 Å². The molecule has 0 radical (unpaired) electrons. The van der Waals surface area contributed by atoms with Crippen molar-refractivity contribution in [1.82, 2.24) is 0 Å². The molecule has 3 fully saturated rings. The lowest BCUT2D eigenvalue weighted by atomic mass is 9.77. The van der Waals surface area contributed by atoms with Gasteiger partial charge < -0.3 is 4.74 Å². The van der Waals surface area contributed by atoms with Crippen molar-refractivity contribution in [3.63, 3.8) is 0 Å². The van der Waals surface area contributed by atoms with Gasteiger partial charge in [-0.25, -0.2) is 0 Å². The topological polar surface area (TPSA) is 9.23 Å². The van der Waals surface area contributed by atoms with Crippen LogP contribution in [0.15, 0.2) is 0 Å². The van der Waals surface area contributed by atoms with Crippen LogP contribution >= 0.6 is 23.2 Å². The van der Waals surface area contributed by atoms with E-state index in [1.54, 1.807) is 0 Å². The van der Waals surface area contributed by atoms with Gasteiger partial charge in [-0.2, -0.15) is 0 Å². The molecule has 1 aliphatic heterocycles. The lowest BCUT2D eigenvalue weighted by molar-refractivity contribution is -0.0485. The minimum Gasteiger partial charge on any atom is -0.371 e. The van der Waals surface area contributed by atoms with Gasteiger partial charge in [0.15, 0.2) is 0 Å². The van der Waals surface area contributed by atoms with E-state index in [1.807, 2.05) is 0 Å². The Bertz CT molecular complexity index is 300. The van der Waals surface area contributed by atoms with Gasteiger partial charge in [-0.15, -0.1) is 23.2 Å². The summed E-state index contributed by atoms with van der Waals surface area (Å²) < 4.78 is 5.57. The number of alkyl halides is 2. The minimum absolute atomic E-state index is 0.0143. The van der Waals surface area contributed by atoms with E-state index in [0.29, 0.717) is 11.8 Å². The molecule has 0 amide bonds. The van der Waals surface area contributed by atoms with Crippen molar-refractivity contribution >= 4 is 23.2 Å². The van der Waals surface area contributed by atoms with Crippen LogP contribution in [0.4, 0.5) is 0 Å². The third kappa shape index (κ3) is 0.842. The molecule has 0 aromatic carbocycles. The lowest BCUT2D eigenvalue weighted by Gasteiger charge is -2.25. The van der Waals surface area contributed by atoms with Crippen molar-refractivity contribution in [1.29, 1.82) is 0 Å². The Morgan fingerprint density at radius 2 is 1.79 bits per heavy atom. The van der Waals surface area contributed by atoms with Crippen LogP contribution in [0.2, 0.25) is 0 Å². The molecule has 0 N–H and O–H groups in total. The molecule has 3 aliphatic rings. The SMILES string of the molecule is CC1(C)OC2CC1CC1C(Cl)(Cl)C21C. The fraction of sp³-hybridized carbons (Fsp3) is 1.00. The third-order valence-electron chi connectivity index (χ3n) is 4.91. The Kier molecular flexibility index (Phi) is 1.59. The van der Waals surface area contributed by atoms with Gasteiger partial charge in [0.1, 0.15) is 4.33 Å². The van der Waals surface area contributed by atoms with E-state index in [2.05, 4.69) is 20.8 Å². The van der Waals surface area contributed by atoms with Gasteiger partial charge in [0.2, 0.25) is 0 Å². The number of fused-ring (bicyclic) bond motifs is 4. The molecule has 0 spiro atoms. The van der Waals surface area contributed by atoms with Gasteiger partial charge in [-0.05, 0) is 32.6 Å². The molecule has 1 nitrogen and oxygen atoms in total. The van der Waals surface area contributed by atoms with E-state index in [1.165, 1.54) is 0 Å². The first-order valence-electron chi connectivity index (χ1n) is 5.36. The summed E-state index contributed by atoms with van der Waals surface area (Å²) in [5.74, 6) is 1.09. The summed E-state index contributed by atoms with van der Waals surface area (Å²) >= 11 is 12.7. The highest BCUT2D eigenvalue weighted by molar-refractivity contribution is 6.52. The molecule has 1 saturated heterocycles. The number of hydrogen-bond acceptors (Lipinski definition) is 1. The molecule has 0 aromatic heterocycles. The predicted octanol–water partition coefficient (Wildman–Crippen LogP) is 3.38. The zero-order valence-corrected chi connectivity index (χ0v) is 10.3. The lowest BCUT2D eigenvalue weighted by Crippen LogP contribution is -2.28. The summed E-state index contributed by atoms with van der Waals surface area (Å²) in [5, 5.41) is 0. The van der Waals surface area contributed by atoms with Crippen LogP contribution in [0, 0.1) is 17.3 Å². The van der Waals surface area contributed by atoms with E-state index in [4.69, 9.17) is 27.9 Å². The number of hydrogen-bond donors (Lipinski definition) is 0. The Morgan fingerprint density at radius 1 is 1.14 bits per heavy atom. The van der Waals surface area contributed by atoms with E-state index >= 15 is 0 Å². The molecule has 3 heteroatoms. The van der Waals surface area contributed by atoms with E-state index in [0.717, 1.165) is 12.8 Å². The quantitative estimate of drug-likeness (QED) is 0.585. The fourth-order valence-electron chi connectivity index (χ4n) is 3.55. The molecule has 2 aliphatic carbocycles. The number of rotatable bonds is 0. The molecule has 14 heavy (non-hydrogen) atoms. The standard InChI is InChI=1S/C11H16Cl2O/c1-9(2)6-4-7-10(3,11(7,12)13)8(5-6)14-9/h6-8H,4-5H2,1-3H3. The van der Waals surface area contributed by atoms with E-state index < -0.39 is 4.33 Å². The third-order valence-corrected chi connectivity index (χ3v) is 6.25. The molecule has 2 saturated carbocycles. The monoisotopic (exact) mass is 234 g/mol. The molecule has 2 bridgehead atoms. The Hall–Kier alpha value is 0.540. The van der Waals surface area contributed by atoms with E-state index in [-0.39, 0.29) is 17.1 Å². The van der Waals surface area contributed by atoms with E-state index in [9.17, 15) is 0 Å². The highest BCUT2D eigenvalue weighted by Crippen LogP contribution is 2.78. The van der Waals surface area contributed by atoms with Crippen LogP contribution in [0.5, 0.6) is 0 Å². The zero-order valence-electron chi connectivity index (χ0n) is 8.81. The molecule has 80 valence electrons. The maximum Gasteiger partial charge on any atom is 0.130 e. The van der Waals surface area contributed by atoms with Crippen LogP contribution in [0.3, 0.4) is 0 Å². The number of halogens is 2. The Balaban J connectivity index is 1.96. The van der Waals surface area contributed by atoms with Gasteiger partial charge in [0, 0.05) is 11.3 Å². The second-order valence-electron chi connectivity index (χ2n) is 5.84. The average Bonchev–Trinajstić information content (AvgIpc) is 2.39. The predicted molar refractivity (Wildman–Crippen MR) is 57.7 cm³/mol. The number of ether oxygens (including phenoxy) is 1. The summed E-state index contributed by atoms with van der Waals surface area (Å²) in [5.41, 5.74) is 0.0470. The summed E-state index contributed by atoms with van der Waals surface area (Å²) in [6.45, 7) is 6.56. The van der Waals surface area contributed by atoms with Crippen LogP contribution in [0.25, 0.3) is 0 Å². The maximum absolute atomic E-state index is 6.33. The Morgan fingerprint density at radius 3 is 2.43 bits per heavy atom. The first kappa shape index (κ1) is 9.74. The van der Waals surface area contributed by atoms with Gasteiger partial charge in [0.05, 0.1) is 11.7 Å². The summed E-state index contributed by atoms with van der Waals surface area (Å²) in [7, 11) is 0. The largest absolute Gasteiger partial charge is 0.371 e. The maximum atomic E-state index is 6.33.